The summed E-state index contributed by atoms with van der Waals surface area (Å²) < 4.78 is 7.64. The third-order valence-corrected chi connectivity index (χ3v) is 4.67. The SMILES string of the molecule is Cc1cc(N2CCCC(COc3ncccc3Cl)C2)n2ncnc2n1. The standard InChI is InChI=1S/C17H19ClN6O/c1-12-8-15(24-17(22-12)20-11-21-24)23-7-3-4-13(9-23)10-25-16-14(18)5-2-6-19-16/h2,5-6,8,11,13H,3-4,7,9-10H2,1H3. The van der Waals surface area contributed by atoms with E-state index in [0.29, 0.717) is 29.2 Å². The minimum atomic E-state index is 0.402. The molecule has 4 heterocycles. The van der Waals surface area contributed by atoms with E-state index in [1.807, 2.05) is 6.92 Å². The van der Waals surface area contributed by atoms with Gasteiger partial charge in [0.1, 0.15) is 17.2 Å². The maximum atomic E-state index is 6.11. The lowest BCUT2D eigenvalue weighted by Crippen LogP contribution is -2.39. The Morgan fingerprint density at radius 3 is 3.16 bits per heavy atom. The first-order valence-corrected chi connectivity index (χ1v) is 8.74. The Balaban J connectivity index is 1.49. The van der Waals surface area contributed by atoms with E-state index in [0.717, 1.165) is 37.4 Å². The third-order valence-electron chi connectivity index (χ3n) is 4.38. The number of anilines is 1. The van der Waals surface area contributed by atoms with Gasteiger partial charge in [-0.3, -0.25) is 0 Å². The van der Waals surface area contributed by atoms with Gasteiger partial charge >= 0.3 is 0 Å². The van der Waals surface area contributed by atoms with Crippen LogP contribution in [0.1, 0.15) is 18.5 Å². The van der Waals surface area contributed by atoms with Crippen LogP contribution in [0.4, 0.5) is 5.82 Å². The second-order valence-corrected chi connectivity index (χ2v) is 6.69. The van der Waals surface area contributed by atoms with Crippen LogP contribution in [0.2, 0.25) is 5.02 Å². The summed E-state index contributed by atoms with van der Waals surface area (Å²) in [6.45, 7) is 4.45. The normalized spacial score (nSPS) is 17.8. The zero-order chi connectivity index (χ0) is 17.2. The highest BCUT2D eigenvalue weighted by atomic mass is 35.5. The first-order chi connectivity index (χ1) is 12.2. The van der Waals surface area contributed by atoms with Gasteiger partial charge in [-0.2, -0.15) is 14.6 Å². The minimum Gasteiger partial charge on any atom is -0.476 e. The molecule has 4 rings (SSSR count). The van der Waals surface area contributed by atoms with Crippen molar-refractivity contribution in [2.75, 3.05) is 24.6 Å². The van der Waals surface area contributed by atoms with Crippen molar-refractivity contribution in [2.24, 2.45) is 5.92 Å². The van der Waals surface area contributed by atoms with E-state index in [2.05, 4.69) is 31.0 Å². The van der Waals surface area contributed by atoms with E-state index in [9.17, 15) is 0 Å². The molecule has 1 aliphatic heterocycles. The van der Waals surface area contributed by atoms with Crippen LogP contribution in [0.15, 0.2) is 30.7 Å². The Bertz CT molecular complexity index is 882. The minimum absolute atomic E-state index is 0.402. The smallest absolute Gasteiger partial charge is 0.254 e. The maximum Gasteiger partial charge on any atom is 0.254 e. The molecule has 0 saturated carbocycles. The fourth-order valence-corrected chi connectivity index (χ4v) is 3.40. The summed E-state index contributed by atoms with van der Waals surface area (Å²) in [7, 11) is 0. The van der Waals surface area contributed by atoms with E-state index >= 15 is 0 Å². The van der Waals surface area contributed by atoms with Crippen molar-refractivity contribution in [2.45, 2.75) is 19.8 Å². The van der Waals surface area contributed by atoms with Gasteiger partial charge in [-0.25, -0.2) is 9.97 Å². The summed E-state index contributed by atoms with van der Waals surface area (Å²) in [5.41, 5.74) is 0.939. The number of piperidine rings is 1. The molecule has 7 nitrogen and oxygen atoms in total. The number of fused-ring (bicyclic) bond motifs is 1. The van der Waals surface area contributed by atoms with Crippen molar-refractivity contribution >= 4 is 23.2 Å². The van der Waals surface area contributed by atoms with Crippen LogP contribution in [0, 0.1) is 12.8 Å². The van der Waals surface area contributed by atoms with Gasteiger partial charge < -0.3 is 9.64 Å². The van der Waals surface area contributed by atoms with Crippen molar-refractivity contribution in [3.63, 3.8) is 0 Å². The van der Waals surface area contributed by atoms with Crippen LogP contribution in [0.5, 0.6) is 5.88 Å². The summed E-state index contributed by atoms with van der Waals surface area (Å²) in [6, 6.07) is 5.64. The Morgan fingerprint density at radius 1 is 1.36 bits per heavy atom. The molecule has 1 fully saturated rings. The monoisotopic (exact) mass is 358 g/mol. The summed E-state index contributed by atoms with van der Waals surface area (Å²) in [5.74, 6) is 2.56. The lowest BCUT2D eigenvalue weighted by atomic mass is 9.99. The van der Waals surface area contributed by atoms with Crippen LogP contribution >= 0.6 is 11.6 Å². The number of aromatic nitrogens is 5. The fourth-order valence-electron chi connectivity index (χ4n) is 3.22. The molecule has 1 atom stereocenters. The van der Waals surface area contributed by atoms with E-state index < -0.39 is 0 Å². The van der Waals surface area contributed by atoms with E-state index in [1.54, 1.807) is 29.2 Å². The van der Waals surface area contributed by atoms with Gasteiger partial charge in [0.15, 0.2) is 0 Å². The van der Waals surface area contributed by atoms with Gasteiger partial charge in [0.2, 0.25) is 5.88 Å². The molecule has 1 saturated heterocycles. The molecule has 8 heteroatoms. The first-order valence-electron chi connectivity index (χ1n) is 8.36. The molecular formula is C17H19ClN6O. The van der Waals surface area contributed by atoms with Gasteiger partial charge in [-0.1, -0.05) is 11.6 Å². The molecule has 25 heavy (non-hydrogen) atoms. The number of hydrogen-bond donors (Lipinski definition) is 0. The zero-order valence-electron chi connectivity index (χ0n) is 14.0. The zero-order valence-corrected chi connectivity index (χ0v) is 14.7. The number of aryl methyl sites for hydroxylation is 1. The van der Waals surface area contributed by atoms with Crippen LogP contribution in [-0.2, 0) is 0 Å². The van der Waals surface area contributed by atoms with Crippen molar-refractivity contribution < 1.29 is 4.74 Å². The van der Waals surface area contributed by atoms with Crippen LogP contribution in [0.3, 0.4) is 0 Å². The number of nitrogens with zero attached hydrogens (tertiary/aromatic N) is 6. The van der Waals surface area contributed by atoms with Gasteiger partial charge in [0.25, 0.3) is 5.78 Å². The number of rotatable bonds is 4. The molecule has 0 spiro atoms. The predicted octanol–water partition coefficient (Wildman–Crippen LogP) is 2.78. The average Bonchev–Trinajstić information content (AvgIpc) is 3.09. The van der Waals surface area contributed by atoms with Crippen LogP contribution in [0.25, 0.3) is 5.78 Å². The number of halogens is 1. The van der Waals surface area contributed by atoms with Crippen molar-refractivity contribution in [1.82, 2.24) is 24.6 Å². The highest BCUT2D eigenvalue weighted by Gasteiger charge is 2.23. The largest absolute Gasteiger partial charge is 0.476 e. The second-order valence-electron chi connectivity index (χ2n) is 6.28. The highest BCUT2D eigenvalue weighted by Crippen LogP contribution is 2.26. The molecule has 3 aromatic rings. The van der Waals surface area contributed by atoms with E-state index in [4.69, 9.17) is 16.3 Å². The summed E-state index contributed by atoms with van der Waals surface area (Å²) in [5, 5.41) is 4.85. The maximum absolute atomic E-state index is 6.11. The van der Waals surface area contributed by atoms with Gasteiger partial charge in [-0.15, -0.1) is 0 Å². The Hall–Kier alpha value is -2.41. The second kappa shape index (κ2) is 6.84. The van der Waals surface area contributed by atoms with Gasteiger partial charge in [0.05, 0.1) is 6.61 Å². The molecule has 0 aromatic carbocycles. The quantitative estimate of drug-likeness (QED) is 0.714. The van der Waals surface area contributed by atoms with Crippen LogP contribution < -0.4 is 9.64 Å². The lowest BCUT2D eigenvalue weighted by Gasteiger charge is -2.34. The molecule has 0 bridgehead atoms. The molecular weight excluding hydrogens is 340 g/mol. The molecule has 3 aromatic heterocycles. The molecule has 0 aliphatic carbocycles. The molecule has 0 N–H and O–H groups in total. The number of hydrogen-bond acceptors (Lipinski definition) is 6. The van der Waals surface area contributed by atoms with E-state index in [1.165, 1.54) is 0 Å². The van der Waals surface area contributed by atoms with Crippen molar-refractivity contribution in [3.8, 4) is 5.88 Å². The lowest BCUT2D eigenvalue weighted by molar-refractivity contribution is 0.221. The summed E-state index contributed by atoms with van der Waals surface area (Å²) in [4.78, 5) is 15.1. The molecule has 1 unspecified atom stereocenters. The molecule has 0 amide bonds. The highest BCUT2D eigenvalue weighted by molar-refractivity contribution is 6.31. The summed E-state index contributed by atoms with van der Waals surface area (Å²) >= 11 is 6.11. The summed E-state index contributed by atoms with van der Waals surface area (Å²) in [6.07, 6.45) is 5.45. The average molecular weight is 359 g/mol. The number of pyridine rings is 1. The van der Waals surface area contributed by atoms with E-state index in [-0.39, 0.29) is 0 Å². The van der Waals surface area contributed by atoms with Gasteiger partial charge in [0, 0.05) is 37.0 Å². The van der Waals surface area contributed by atoms with Crippen LogP contribution in [-0.4, -0.2) is 44.3 Å². The first kappa shape index (κ1) is 16.1. The Kier molecular flexibility index (Phi) is 4.40. The fraction of sp³-hybridized carbons (Fsp3) is 0.412. The predicted molar refractivity (Wildman–Crippen MR) is 95.2 cm³/mol. The third kappa shape index (κ3) is 3.37. The molecule has 130 valence electrons. The Labute approximate surface area is 150 Å². The molecule has 1 aliphatic rings. The van der Waals surface area contributed by atoms with Crippen molar-refractivity contribution in [1.29, 1.82) is 0 Å². The van der Waals surface area contributed by atoms with Crippen molar-refractivity contribution in [3.05, 3.63) is 41.4 Å². The topological polar surface area (TPSA) is 68.4 Å². The molecule has 0 radical (unpaired) electrons. The number of ether oxygens (including phenoxy) is 1. The Morgan fingerprint density at radius 2 is 2.28 bits per heavy atom. The van der Waals surface area contributed by atoms with Gasteiger partial charge in [-0.05, 0) is 31.9 Å².